The minimum Gasteiger partial charge on any atom is -0.497 e. The van der Waals surface area contributed by atoms with Crippen molar-refractivity contribution in [2.24, 2.45) is 5.92 Å². The summed E-state index contributed by atoms with van der Waals surface area (Å²) in [5, 5.41) is 3.41. The van der Waals surface area contributed by atoms with Crippen LogP contribution in [0, 0.1) is 5.92 Å². The molecule has 0 aromatic heterocycles. The number of halogens is 1. The first kappa shape index (κ1) is 18.3. The lowest BCUT2D eigenvalue weighted by Gasteiger charge is -2.32. The van der Waals surface area contributed by atoms with E-state index < -0.39 is 0 Å². The Labute approximate surface area is 157 Å². The van der Waals surface area contributed by atoms with E-state index in [1.54, 1.807) is 48.4 Å². The number of anilines is 1. The Kier molecular flexibility index (Phi) is 5.78. The number of likely N-dealkylation sites (tertiary alicyclic amines) is 1. The predicted octanol–water partition coefficient (Wildman–Crippen LogP) is 4.48. The van der Waals surface area contributed by atoms with Crippen LogP contribution in [0.3, 0.4) is 0 Å². The molecule has 1 unspecified atom stereocenters. The molecule has 0 saturated carbocycles. The molecular formula is C20H21ClN2O3. The topological polar surface area (TPSA) is 58.6 Å². The van der Waals surface area contributed by atoms with E-state index in [1.165, 1.54) is 0 Å². The summed E-state index contributed by atoms with van der Waals surface area (Å²) in [7, 11) is 1.58. The fourth-order valence-electron chi connectivity index (χ4n) is 3.16. The SMILES string of the molecule is COc1cccc(NC(=O)N2CCCC(C(=O)c3cccc(Cl)c3)C2)c1. The lowest BCUT2D eigenvalue weighted by molar-refractivity contribution is 0.0851. The van der Waals surface area contributed by atoms with Gasteiger partial charge in [-0.25, -0.2) is 4.79 Å². The maximum atomic E-state index is 12.7. The van der Waals surface area contributed by atoms with Crippen LogP contribution in [0.5, 0.6) is 5.75 Å². The molecule has 2 aromatic carbocycles. The lowest BCUT2D eigenvalue weighted by atomic mass is 9.90. The van der Waals surface area contributed by atoms with Crippen LogP contribution >= 0.6 is 11.6 Å². The summed E-state index contributed by atoms with van der Waals surface area (Å²) >= 11 is 5.98. The molecule has 0 bridgehead atoms. The Bertz CT molecular complexity index is 809. The molecule has 2 amide bonds. The van der Waals surface area contributed by atoms with Crippen LogP contribution in [0.1, 0.15) is 23.2 Å². The number of carbonyl (C=O) groups is 2. The number of benzene rings is 2. The zero-order valence-corrected chi connectivity index (χ0v) is 15.3. The van der Waals surface area contributed by atoms with Crippen molar-refractivity contribution in [2.45, 2.75) is 12.8 Å². The van der Waals surface area contributed by atoms with Gasteiger partial charge in [0.2, 0.25) is 0 Å². The number of carbonyl (C=O) groups excluding carboxylic acids is 2. The van der Waals surface area contributed by atoms with Gasteiger partial charge >= 0.3 is 6.03 Å². The summed E-state index contributed by atoms with van der Waals surface area (Å²) in [6, 6.07) is 13.9. The summed E-state index contributed by atoms with van der Waals surface area (Å²) in [5.74, 6) is 0.500. The first-order chi connectivity index (χ1) is 12.6. The molecule has 0 spiro atoms. The molecule has 0 aliphatic carbocycles. The number of rotatable bonds is 4. The van der Waals surface area contributed by atoms with Crippen molar-refractivity contribution in [1.29, 1.82) is 0 Å². The molecule has 1 N–H and O–H groups in total. The third kappa shape index (κ3) is 4.35. The standard InChI is InChI=1S/C20H21ClN2O3/c1-26-18-9-3-8-17(12-18)22-20(25)23-10-4-6-15(13-23)19(24)14-5-2-7-16(21)11-14/h2-3,5,7-9,11-12,15H,4,6,10,13H2,1H3,(H,22,25). The smallest absolute Gasteiger partial charge is 0.321 e. The Balaban J connectivity index is 1.65. The van der Waals surface area contributed by atoms with Crippen molar-refractivity contribution < 1.29 is 14.3 Å². The first-order valence-electron chi connectivity index (χ1n) is 8.56. The molecule has 6 heteroatoms. The van der Waals surface area contributed by atoms with Gasteiger partial charge in [0.15, 0.2) is 5.78 Å². The third-order valence-corrected chi connectivity index (χ3v) is 4.74. The van der Waals surface area contributed by atoms with Crippen LogP contribution in [-0.4, -0.2) is 36.9 Å². The van der Waals surface area contributed by atoms with Crippen LogP contribution in [0.4, 0.5) is 10.5 Å². The van der Waals surface area contributed by atoms with E-state index in [0.717, 1.165) is 12.8 Å². The summed E-state index contributed by atoms with van der Waals surface area (Å²) in [6.45, 7) is 1.04. The molecule has 136 valence electrons. The monoisotopic (exact) mass is 372 g/mol. The van der Waals surface area contributed by atoms with Gasteiger partial charge in [0.05, 0.1) is 7.11 Å². The number of amides is 2. The largest absolute Gasteiger partial charge is 0.497 e. The Hall–Kier alpha value is -2.53. The van der Waals surface area contributed by atoms with E-state index in [4.69, 9.17) is 16.3 Å². The van der Waals surface area contributed by atoms with E-state index in [0.29, 0.717) is 35.1 Å². The molecule has 2 aromatic rings. The zero-order valence-electron chi connectivity index (χ0n) is 14.6. The number of hydrogen-bond donors (Lipinski definition) is 1. The van der Waals surface area contributed by atoms with Crippen LogP contribution in [0.2, 0.25) is 5.02 Å². The van der Waals surface area contributed by atoms with E-state index in [1.807, 2.05) is 12.1 Å². The van der Waals surface area contributed by atoms with E-state index >= 15 is 0 Å². The van der Waals surface area contributed by atoms with Gasteiger partial charge in [0.25, 0.3) is 0 Å². The van der Waals surface area contributed by atoms with Gasteiger partial charge in [-0.1, -0.05) is 29.8 Å². The quantitative estimate of drug-likeness (QED) is 0.805. The highest BCUT2D eigenvalue weighted by molar-refractivity contribution is 6.31. The molecule has 26 heavy (non-hydrogen) atoms. The second-order valence-corrected chi connectivity index (χ2v) is 6.76. The number of Topliss-reactive ketones (excluding diaryl/α,β-unsaturated/α-hetero) is 1. The summed E-state index contributed by atoms with van der Waals surface area (Å²) in [6.07, 6.45) is 1.57. The van der Waals surface area contributed by atoms with Gasteiger partial charge in [-0.2, -0.15) is 0 Å². The highest BCUT2D eigenvalue weighted by atomic mass is 35.5. The second-order valence-electron chi connectivity index (χ2n) is 6.32. The molecule has 0 radical (unpaired) electrons. The van der Waals surface area contributed by atoms with Gasteiger partial charge in [-0.3, -0.25) is 4.79 Å². The number of nitrogens with one attached hydrogen (secondary N) is 1. The molecule has 3 rings (SSSR count). The molecule has 1 atom stereocenters. The molecule has 5 nitrogen and oxygen atoms in total. The zero-order chi connectivity index (χ0) is 18.5. The maximum absolute atomic E-state index is 12.7. The minimum atomic E-state index is -0.210. The lowest BCUT2D eigenvalue weighted by Crippen LogP contribution is -2.44. The Morgan fingerprint density at radius 1 is 1.19 bits per heavy atom. The van der Waals surface area contributed by atoms with E-state index in [9.17, 15) is 9.59 Å². The normalized spacial score (nSPS) is 16.8. The number of urea groups is 1. The van der Waals surface area contributed by atoms with Crippen molar-refractivity contribution in [3.05, 3.63) is 59.1 Å². The van der Waals surface area contributed by atoms with Crippen molar-refractivity contribution >= 4 is 29.1 Å². The number of nitrogens with zero attached hydrogens (tertiary/aromatic N) is 1. The molecular weight excluding hydrogens is 352 g/mol. The van der Waals surface area contributed by atoms with Crippen molar-refractivity contribution in [3.63, 3.8) is 0 Å². The Morgan fingerprint density at radius 3 is 2.77 bits per heavy atom. The van der Waals surface area contributed by atoms with Crippen LogP contribution in [0.25, 0.3) is 0 Å². The average Bonchev–Trinajstić information content (AvgIpc) is 2.67. The van der Waals surface area contributed by atoms with Gasteiger partial charge in [-0.05, 0) is 37.1 Å². The van der Waals surface area contributed by atoms with E-state index in [-0.39, 0.29) is 17.7 Å². The summed E-state index contributed by atoms with van der Waals surface area (Å²) in [4.78, 5) is 27.0. The Morgan fingerprint density at radius 2 is 2.00 bits per heavy atom. The molecule has 1 heterocycles. The molecule has 1 aliphatic heterocycles. The van der Waals surface area contributed by atoms with Crippen molar-refractivity contribution in [3.8, 4) is 5.75 Å². The highest BCUT2D eigenvalue weighted by Crippen LogP contribution is 2.24. The number of methoxy groups -OCH3 is 1. The molecule has 1 fully saturated rings. The van der Waals surface area contributed by atoms with Crippen LogP contribution < -0.4 is 10.1 Å². The number of ketones is 1. The molecule has 1 saturated heterocycles. The van der Waals surface area contributed by atoms with Gasteiger partial charge in [-0.15, -0.1) is 0 Å². The minimum absolute atomic E-state index is 0.0337. The predicted molar refractivity (Wildman–Crippen MR) is 102 cm³/mol. The highest BCUT2D eigenvalue weighted by Gasteiger charge is 2.29. The average molecular weight is 373 g/mol. The number of piperidine rings is 1. The van der Waals surface area contributed by atoms with Crippen molar-refractivity contribution in [1.82, 2.24) is 4.90 Å². The second kappa shape index (κ2) is 8.23. The van der Waals surface area contributed by atoms with Crippen LogP contribution in [0.15, 0.2) is 48.5 Å². The fraction of sp³-hybridized carbons (Fsp3) is 0.300. The summed E-state index contributed by atoms with van der Waals surface area (Å²) in [5.41, 5.74) is 1.26. The molecule has 1 aliphatic rings. The maximum Gasteiger partial charge on any atom is 0.321 e. The number of hydrogen-bond acceptors (Lipinski definition) is 3. The fourth-order valence-corrected chi connectivity index (χ4v) is 3.35. The van der Waals surface area contributed by atoms with Gasteiger partial charge < -0.3 is 15.0 Å². The van der Waals surface area contributed by atoms with Crippen LogP contribution in [-0.2, 0) is 0 Å². The van der Waals surface area contributed by atoms with Gasteiger partial charge in [0.1, 0.15) is 5.75 Å². The van der Waals surface area contributed by atoms with E-state index in [2.05, 4.69) is 5.32 Å². The van der Waals surface area contributed by atoms with Crippen molar-refractivity contribution in [2.75, 3.05) is 25.5 Å². The van der Waals surface area contributed by atoms with Gasteiger partial charge in [0, 0.05) is 41.3 Å². The number of ether oxygens (including phenoxy) is 1. The third-order valence-electron chi connectivity index (χ3n) is 4.51. The first-order valence-corrected chi connectivity index (χ1v) is 8.94. The summed E-state index contributed by atoms with van der Waals surface area (Å²) < 4.78 is 5.17.